The van der Waals surface area contributed by atoms with Gasteiger partial charge in [0.05, 0.1) is 18.7 Å². The SMILES string of the molecule is COc1ccccc1N1C[C@@H](C(=O)NCC(C)(C)c2cccc(C)c2)CC1=O. The van der Waals surface area contributed by atoms with Crippen molar-refractivity contribution in [2.75, 3.05) is 25.1 Å². The maximum atomic E-state index is 12.7. The molecule has 0 bridgehead atoms. The van der Waals surface area contributed by atoms with Gasteiger partial charge in [-0.1, -0.05) is 55.8 Å². The minimum Gasteiger partial charge on any atom is -0.495 e. The van der Waals surface area contributed by atoms with Crippen LogP contribution in [0.4, 0.5) is 5.69 Å². The van der Waals surface area contributed by atoms with Crippen LogP contribution in [0.1, 0.15) is 31.4 Å². The molecule has 2 aromatic carbocycles. The fraction of sp³-hybridized carbons (Fsp3) is 0.391. The molecule has 1 aliphatic rings. The Bertz CT molecular complexity index is 876. The summed E-state index contributed by atoms with van der Waals surface area (Å²) in [6.45, 7) is 7.19. The molecule has 0 spiro atoms. The Hall–Kier alpha value is -2.82. The zero-order valence-electron chi connectivity index (χ0n) is 17.0. The number of rotatable bonds is 6. The fourth-order valence-electron chi connectivity index (χ4n) is 3.59. The van der Waals surface area contributed by atoms with E-state index in [9.17, 15) is 9.59 Å². The lowest BCUT2D eigenvalue weighted by Gasteiger charge is -2.27. The van der Waals surface area contributed by atoms with Crippen molar-refractivity contribution in [3.8, 4) is 5.75 Å². The van der Waals surface area contributed by atoms with Crippen molar-refractivity contribution in [1.82, 2.24) is 5.32 Å². The second-order valence-corrected chi connectivity index (χ2v) is 8.05. The number of nitrogens with one attached hydrogen (secondary N) is 1. The van der Waals surface area contributed by atoms with Crippen molar-refractivity contribution in [3.05, 3.63) is 59.7 Å². The average molecular weight is 380 g/mol. The third kappa shape index (κ3) is 4.19. The molecule has 0 saturated carbocycles. The van der Waals surface area contributed by atoms with E-state index in [2.05, 4.69) is 44.3 Å². The van der Waals surface area contributed by atoms with E-state index in [-0.39, 0.29) is 29.6 Å². The van der Waals surface area contributed by atoms with Gasteiger partial charge in [-0.25, -0.2) is 0 Å². The van der Waals surface area contributed by atoms with Crippen molar-refractivity contribution in [2.24, 2.45) is 5.92 Å². The molecular weight excluding hydrogens is 352 g/mol. The molecule has 1 atom stereocenters. The summed E-state index contributed by atoms with van der Waals surface area (Å²) in [5, 5.41) is 3.05. The summed E-state index contributed by atoms with van der Waals surface area (Å²) >= 11 is 0. The number of hydrogen-bond donors (Lipinski definition) is 1. The largest absolute Gasteiger partial charge is 0.495 e. The first-order chi connectivity index (χ1) is 13.3. The van der Waals surface area contributed by atoms with Crippen molar-refractivity contribution in [1.29, 1.82) is 0 Å². The van der Waals surface area contributed by atoms with Crippen LogP contribution in [0.3, 0.4) is 0 Å². The van der Waals surface area contributed by atoms with Gasteiger partial charge < -0.3 is 15.0 Å². The molecular formula is C23H28N2O3. The number of aryl methyl sites for hydroxylation is 1. The van der Waals surface area contributed by atoms with Gasteiger partial charge >= 0.3 is 0 Å². The smallest absolute Gasteiger partial charge is 0.227 e. The number of anilines is 1. The van der Waals surface area contributed by atoms with Crippen molar-refractivity contribution < 1.29 is 14.3 Å². The molecule has 0 aliphatic carbocycles. The molecule has 2 aromatic rings. The molecule has 5 nitrogen and oxygen atoms in total. The lowest BCUT2D eigenvalue weighted by atomic mass is 9.84. The number of para-hydroxylation sites is 2. The minimum absolute atomic E-state index is 0.0532. The minimum atomic E-state index is -0.356. The lowest BCUT2D eigenvalue weighted by molar-refractivity contribution is -0.126. The van der Waals surface area contributed by atoms with Gasteiger partial charge in [-0.2, -0.15) is 0 Å². The van der Waals surface area contributed by atoms with Gasteiger partial charge in [0.2, 0.25) is 11.8 Å². The zero-order valence-corrected chi connectivity index (χ0v) is 17.0. The average Bonchev–Trinajstić information content (AvgIpc) is 3.07. The molecule has 0 radical (unpaired) electrons. The molecule has 5 heteroatoms. The Balaban J connectivity index is 1.65. The van der Waals surface area contributed by atoms with Crippen LogP contribution in [0.25, 0.3) is 0 Å². The third-order valence-electron chi connectivity index (χ3n) is 5.38. The van der Waals surface area contributed by atoms with E-state index >= 15 is 0 Å². The third-order valence-corrected chi connectivity index (χ3v) is 5.38. The summed E-state index contributed by atoms with van der Waals surface area (Å²) in [4.78, 5) is 26.9. The molecule has 1 fully saturated rings. The first kappa shape index (κ1) is 19.9. The van der Waals surface area contributed by atoms with Gasteiger partial charge in [-0.15, -0.1) is 0 Å². The second-order valence-electron chi connectivity index (χ2n) is 8.05. The van der Waals surface area contributed by atoms with E-state index in [4.69, 9.17) is 4.74 Å². The van der Waals surface area contributed by atoms with Crippen LogP contribution >= 0.6 is 0 Å². The Morgan fingerprint density at radius 2 is 1.96 bits per heavy atom. The number of methoxy groups -OCH3 is 1. The first-order valence-electron chi connectivity index (χ1n) is 9.60. The van der Waals surface area contributed by atoms with Crippen LogP contribution < -0.4 is 15.0 Å². The monoisotopic (exact) mass is 380 g/mol. The normalized spacial score (nSPS) is 16.9. The maximum absolute atomic E-state index is 12.7. The summed E-state index contributed by atoms with van der Waals surface area (Å²) in [6.07, 6.45) is 0.217. The van der Waals surface area contributed by atoms with E-state index in [0.717, 1.165) is 0 Å². The van der Waals surface area contributed by atoms with Crippen LogP contribution in [0.2, 0.25) is 0 Å². The second kappa shape index (κ2) is 8.05. The fourth-order valence-corrected chi connectivity index (χ4v) is 3.59. The maximum Gasteiger partial charge on any atom is 0.227 e. The molecule has 0 unspecified atom stereocenters. The van der Waals surface area contributed by atoms with Crippen molar-refractivity contribution >= 4 is 17.5 Å². The molecule has 28 heavy (non-hydrogen) atoms. The number of benzene rings is 2. The van der Waals surface area contributed by atoms with Gasteiger partial charge in [0.25, 0.3) is 0 Å². The number of carbonyl (C=O) groups excluding carboxylic acids is 2. The van der Waals surface area contributed by atoms with Gasteiger partial charge in [0.15, 0.2) is 0 Å². The molecule has 0 aromatic heterocycles. The van der Waals surface area contributed by atoms with Crippen molar-refractivity contribution in [2.45, 2.75) is 32.6 Å². The van der Waals surface area contributed by atoms with E-state index in [1.807, 2.05) is 30.3 Å². The first-order valence-corrected chi connectivity index (χ1v) is 9.60. The summed E-state index contributed by atoms with van der Waals surface area (Å²) in [7, 11) is 1.58. The van der Waals surface area contributed by atoms with Gasteiger partial charge in [0, 0.05) is 24.9 Å². The summed E-state index contributed by atoms with van der Waals surface area (Å²) in [5.74, 6) is 0.150. The Labute approximate surface area is 166 Å². The highest BCUT2D eigenvalue weighted by molar-refractivity contribution is 6.01. The van der Waals surface area contributed by atoms with Gasteiger partial charge in [-0.3, -0.25) is 9.59 Å². The highest BCUT2D eigenvalue weighted by Crippen LogP contribution is 2.33. The van der Waals surface area contributed by atoms with Crippen LogP contribution in [0.5, 0.6) is 5.75 Å². The number of carbonyl (C=O) groups is 2. The summed E-state index contributed by atoms with van der Waals surface area (Å²) in [6, 6.07) is 15.7. The topological polar surface area (TPSA) is 58.6 Å². The van der Waals surface area contributed by atoms with E-state index < -0.39 is 0 Å². The molecule has 148 valence electrons. The summed E-state index contributed by atoms with van der Waals surface area (Å²) < 4.78 is 5.36. The van der Waals surface area contributed by atoms with Crippen molar-refractivity contribution in [3.63, 3.8) is 0 Å². The molecule has 2 amide bonds. The molecule has 1 N–H and O–H groups in total. The number of nitrogens with zero attached hydrogens (tertiary/aromatic N) is 1. The van der Waals surface area contributed by atoms with Gasteiger partial charge in [0.1, 0.15) is 5.75 Å². The molecule has 3 rings (SSSR count). The molecule has 1 heterocycles. The quantitative estimate of drug-likeness (QED) is 0.835. The predicted molar refractivity (Wildman–Crippen MR) is 111 cm³/mol. The predicted octanol–water partition coefficient (Wildman–Crippen LogP) is 3.45. The Morgan fingerprint density at radius 1 is 1.21 bits per heavy atom. The molecule has 1 aliphatic heterocycles. The Morgan fingerprint density at radius 3 is 2.68 bits per heavy atom. The number of amides is 2. The lowest BCUT2D eigenvalue weighted by Crippen LogP contribution is -2.40. The van der Waals surface area contributed by atoms with E-state index in [1.165, 1.54) is 11.1 Å². The highest BCUT2D eigenvalue weighted by Gasteiger charge is 2.36. The van der Waals surface area contributed by atoms with Crippen LogP contribution in [0, 0.1) is 12.8 Å². The number of ether oxygens (including phenoxy) is 1. The molecule has 1 saturated heterocycles. The standard InChI is InChI=1S/C23H28N2O3/c1-16-8-7-9-18(12-16)23(2,3)15-24-22(27)17-13-21(26)25(14-17)19-10-5-6-11-20(19)28-4/h5-12,17H,13-15H2,1-4H3,(H,24,27)/t17-/m0/s1. The number of hydrogen-bond acceptors (Lipinski definition) is 3. The van der Waals surface area contributed by atoms with Crippen LogP contribution in [0.15, 0.2) is 48.5 Å². The zero-order chi connectivity index (χ0) is 20.3. The highest BCUT2D eigenvalue weighted by atomic mass is 16.5. The van der Waals surface area contributed by atoms with E-state index in [1.54, 1.807) is 12.0 Å². The summed E-state index contributed by atoms with van der Waals surface area (Å²) in [5.41, 5.74) is 2.91. The van der Waals surface area contributed by atoms with Crippen LogP contribution in [-0.2, 0) is 15.0 Å². The Kier molecular flexibility index (Phi) is 5.73. The van der Waals surface area contributed by atoms with E-state index in [0.29, 0.717) is 24.5 Å². The van der Waals surface area contributed by atoms with Gasteiger partial charge in [-0.05, 0) is 24.6 Å². The van der Waals surface area contributed by atoms with Crippen LogP contribution in [-0.4, -0.2) is 32.0 Å².